The minimum atomic E-state index is 0.239. The summed E-state index contributed by atoms with van der Waals surface area (Å²) in [5.74, 6) is 1.48. The monoisotopic (exact) mass is 297 g/mol. The van der Waals surface area contributed by atoms with Crippen LogP contribution in [0.5, 0.6) is 5.75 Å². The normalized spacial score (nSPS) is 10.3. The predicted octanol–water partition coefficient (Wildman–Crippen LogP) is 3.75. The zero-order chi connectivity index (χ0) is 14.0. The van der Waals surface area contributed by atoms with E-state index in [-0.39, 0.29) is 5.82 Å². The van der Waals surface area contributed by atoms with Crippen LogP contribution < -0.4 is 15.4 Å². The van der Waals surface area contributed by atoms with Crippen molar-refractivity contribution < 1.29 is 4.74 Å². The first-order valence-corrected chi connectivity index (χ1v) is 6.28. The molecule has 0 aliphatic carbocycles. The molecule has 2 rings (SSSR count). The third-order valence-corrected chi connectivity index (χ3v) is 3.28. The van der Waals surface area contributed by atoms with Crippen LogP contribution in [0, 0.1) is 0 Å². The minimum absolute atomic E-state index is 0.239. The number of nitrogens with two attached hydrogens (primary N) is 1. The zero-order valence-corrected chi connectivity index (χ0v) is 12.0. The fourth-order valence-electron chi connectivity index (χ4n) is 1.73. The van der Waals surface area contributed by atoms with Gasteiger partial charge >= 0.3 is 0 Å². The third kappa shape index (κ3) is 2.69. The highest BCUT2D eigenvalue weighted by atomic mass is 35.5. The number of methoxy groups -OCH3 is 1. The van der Waals surface area contributed by atoms with Crippen LogP contribution in [0.15, 0.2) is 30.3 Å². The van der Waals surface area contributed by atoms with E-state index in [1.807, 2.05) is 31.3 Å². The van der Waals surface area contributed by atoms with Crippen LogP contribution in [0.4, 0.5) is 17.3 Å². The topological polar surface area (TPSA) is 51.4 Å². The highest BCUT2D eigenvalue weighted by molar-refractivity contribution is 6.37. The largest absolute Gasteiger partial charge is 0.495 e. The van der Waals surface area contributed by atoms with Crippen molar-refractivity contribution in [1.82, 2.24) is 4.98 Å². The van der Waals surface area contributed by atoms with Crippen molar-refractivity contribution >= 4 is 40.5 Å². The number of hydrogen-bond acceptors (Lipinski definition) is 4. The van der Waals surface area contributed by atoms with E-state index in [1.54, 1.807) is 18.1 Å². The second-order valence-electron chi connectivity index (χ2n) is 3.89. The molecule has 2 N–H and O–H groups in total. The van der Waals surface area contributed by atoms with Crippen molar-refractivity contribution in [2.75, 3.05) is 24.8 Å². The summed E-state index contributed by atoms with van der Waals surface area (Å²) in [6.45, 7) is 0. The van der Waals surface area contributed by atoms with Gasteiger partial charge in [-0.2, -0.15) is 0 Å². The minimum Gasteiger partial charge on any atom is -0.495 e. The van der Waals surface area contributed by atoms with Crippen molar-refractivity contribution in [2.24, 2.45) is 0 Å². The van der Waals surface area contributed by atoms with E-state index in [0.29, 0.717) is 15.9 Å². The number of nitrogen functional groups attached to an aromatic ring is 1. The maximum Gasteiger partial charge on any atom is 0.154 e. The number of halogens is 2. The molecule has 1 aromatic heterocycles. The Morgan fingerprint density at radius 3 is 2.58 bits per heavy atom. The van der Waals surface area contributed by atoms with Gasteiger partial charge in [0.2, 0.25) is 0 Å². The Bertz CT molecular complexity index is 604. The summed E-state index contributed by atoms with van der Waals surface area (Å²) in [7, 11) is 3.44. The SMILES string of the molecule is COc1ccccc1N(C)c1nc(N)c(Cl)cc1Cl. The van der Waals surface area contributed by atoms with E-state index in [2.05, 4.69) is 4.98 Å². The van der Waals surface area contributed by atoms with Gasteiger partial charge in [0.05, 0.1) is 22.8 Å². The Morgan fingerprint density at radius 2 is 1.89 bits per heavy atom. The number of rotatable bonds is 3. The van der Waals surface area contributed by atoms with Crippen LogP contribution in [-0.2, 0) is 0 Å². The lowest BCUT2D eigenvalue weighted by Gasteiger charge is -2.22. The van der Waals surface area contributed by atoms with Crippen LogP contribution in [0.3, 0.4) is 0 Å². The molecular formula is C13H13Cl2N3O. The Morgan fingerprint density at radius 1 is 1.21 bits per heavy atom. The highest BCUT2D eigenvalue weighted by Gasteiger charge is 2.15. The quantitative estimate of drug-likeness (QED) is 0.937. The van der Waals surface area contributed by atoms with Gasteiger partial charge in [-0.3, -0.25) is 0 Å². The Balaban J connectivity index is 2.50. The molecular weight excluding hydrogens is 285 g/mol. The van der Waals surface area contributed by atoms with Crippen molar-refractivity contribution in [2.45, 2.75) is 0 Å². The molecule has 0 fully saturated rings. The van der Waals surface area contributed by atoms with E-state index in [1.165, 1.54) is 0 Å². The van der Waals surface area contributed by atoms with Gasteiger partial charge in [0, 0.05) is 7.05 Å². The Labute approximate surface area is 121 Å². The molecule has 0 aliphatic heterocycles. The molecule has 0 atom stereocenters. The lowest BCUT2D eigenvalue weighted by Crippen LogP contribution is -2.13. The fourth-order valence-corrected chi connectivity index (χ4v) is 2.21. The van der Waals surface area contributed by atoms with Crippen LogP contribution in [0.2, 0.25) is 10.0 Å². The summed E-state index contributed by atoms with van der Waals surface area (Å²) in [4.78, 5) is 6.01. The van der Waals surface area contributed by atoms with Gasteiger partial charge in [-0.05, 0) is 18.2 Å². The summed E-state index contributed by atoms with van der Waals surface area (Å²) in [5.41, 5.74) is 6.55. The molecule has 0 radical (unpaired) electrons. The average molecular weight is 298 g/mol. The van der Waals surface area contributed by atoms with Gasteiger partial charge in [-0.15, -0.1) is 0 Å². The molecule has 0 bridgehead atoms. The van der Waals surface area contributed by atoms with Crippen LogP contribution in [0.1, 0.15) is 0 Å². The maximum atomic E-state index is 6.16. The summed E-state index contributed by atoms with van der Waals surface area (Å²) in [6.07, 6.45) is 0. The van der Waals surface area contributed by atoms with Crippen molar-refractivity contribution in [1.29, 1.82) is 0 Å². The number of nitrogens with zero attached hydrogens (tertiary/aromatic N) is 2. The first kappa shape index (κ1) is 13.8. The van der Waals surface area contributed by atoms with E-state index in [4.69, 9.17) is 33.7 Å². The molecule has 4 nitrogen and oxygen atoms in total. The van der Waals surface area contributed by atoms with Gasteiger partial charge < -0.3 is 15.4 Å². The third-order valence-electron chi connectivity index (χ3n) is 2.70. The van der Waals surface area contributed by atoms with Crippen molar-refractivity contribution in [3.05, 3.63) is 40.4 Å². The van der Waals surface area contributed by atoms with Crippen LogP contribution >= 0.6 is 23.2 Å². The summed E-state index contributed by atoms with van der Waals surface area (Å²) >= 11 is 12.0. The summed E-state index contributed by atoms with van der Waals surface area (Å²) < 4.78 is 5.31. The standard InChI is InChI=1S/C13H13Cl2N3O/c1-18(10-5-3-4-6-11(10)19-2)13-9(15)7-8(14)12(16)17-13/h3-7H,1-2H3,(H2,16,17). The first-order valence-electron chi connectivity index (χ1n) is 5.53. The van der Waals surface area contributed by atoms with E-state index < -0.39 is 0 Å². The summed E-state index contributed by atoms with van der Waals surface area (Å²) in [6, 6.07) is 9.14. The zero-order valence-electron chi connectivity index (χ0n) is 10.5. The Hall–Kier alpha value is -1.65. The number of benzene rings is 1. The predicted molar refractivity (Wildman–Crippen MR) is 79.7 cm³/mol. The number of hydrogen-bond donors (Lipinski definition) is 1. The highest BCUT2D eigenvalue weighted by Crippen LogP contribution is 2.36. The number of ether oxygens (including phenoxy) is 1. The second-order valence-corrected chi connectivity index (χ2v) is 4.71. The maximum absolute atomic E-state index is 6.16. The molecule has 1 heterocycles. The molecule has 0 saturated carbocycles. The van der Waals surface area contributed by atoms with Crippen LogP contribution in [0.25, 0.3) is 0 Å². The lowest BCUT2D eigenvalue weighted by molar-refractivity contribution is 0.415. The fraction of sp³-hybridized carbons (Fsp3) is 0.154. The van der Waals surface area contributed by atoms with Crippen molar-refractivity contribution in [3.63, 3.8) is 0 Å². The van der Waals surface area contributed by atoms with E-state index in [0.717, 1.165) is 11.4 Å². The molecule has 2 aromatic rings. The molecule has 0 unspecified atom stereocenters. The van der Waals surface area contributed by atoms with Gasteiger partial charge in [-0.1, -0.05) is 35.3 Å². The lowest BCUT2D eigenvalue weighted by atomic mass is 10.2. The summed E-state index contributed by atoms with van der Waals surface area (Å²) in [5, 5.41) is 0.759. The molecule has 19 heavy (non-hydrogen) atoms. The molecule has 0 spiro atoms. The molecule has 1 aromatic carbocycles. The van der Waals surface area contributed by atoms with Gasteiger partial charge in [-0.25, -0.2) is 4.98 Å². The number of anilines is 3. The molecule has 6 heteroatoms. The Kier molecular flexibility index (Phi) is 4.02. The molecule has 0 saturated heterocycles. The second kappa shape index (κ2) is 5.55. The van der Waals surface area contributed by atoms with Crippen LogP contribution in [-0.4, -0.2) is 19.1 Å². The van der Waals surface area contributed by atoms with Gasteiger partial charge in [0.15, 0.2) is 5.82 Å². The smallest absolute Gasteiger partial charge is 0.154 e. The first-order chi connectivity index (χ1) is 9.04. The average Bonchev–Trinajstić information content (AvgIpc) is 2.42. The van der Waals surface area contributed by atoms with E-state index in [9.17, 15) is 0 Å². The van der Waals surface area contributed by atoms with Gasteiger partial charge in [0.1, 0.15) is 11.6 Å². The number of pyridine rings is 1. The molecule has 0 aliphatic rings. The number of para-hydroxylation sites is 2. The van der Waals surface area contributed by atoms with Gasteiger partial charge in [0.25, 0.3) is 0 Å². The molecule has 0 amide bonds. The molecule has 100 valence electrons. The number of aromatic nitrogens is 1. The van der Waals surface area contributed by atoms with E-state index >= 15 is 0 Å². The van der Waals surface area contributed by atoms with Crippen molar-refractivity contribution in [3.8, 4) is 5.75 Å².